The van der Waals surface area contributed by atoms with Gasteiger partial charge in [-0.05, 0) is 24.6 Å². The summed E-state index contributed by atoms with van der Waals surface area (Å²) >= 11 is 0. The molecule has 0 aliphatic rings. The van der Waals surface area contributed by atoms with Gasteiger partial charge in [0.15, 0.2) is 11.6 Å². The minimum atomic E-state index is -0.977. The van der Waals surface area contributed by atoms with Gasteiger partial charge in [-0.15, -0.1) is 0 Å². The number of benzene rings is 1. The van der Waals surface area contributed by atoms with Gasteiger partial charge in [0.2, 0.25) is 0 Å². The van der Waals surface area contributed by atoms with Crippen LogP contribution in [-0.4, -0.2) is 18.2 Å². The van der Waals surface area contributed by atoms with E-state index in [0.717, 1.165) is 0 Å². The third-order valence-corrected chi connectivity index (χ3v) is 2.05. The van der Waals surface area contributed by atoms with E-state index in [0.29, 0.717) is 5.56 Å². The maximum Gasteiger partial charge on any atom is 0.310 e. The molecular formula is C10H11FO3. The summed E-state index contributed by atoms with van der Waals surface area (Å²) in [6, 6.07) is 4.14. The van der Waals surface area contributed by atoms with Gasteiger partial charge in [-0.1, -0.05) is 6.07 Å². The van der Waals surface area contributed by atoms with Crippen LogP contribution in [0, 0.1) is 5.82 Å². The lowest BCUT2D eigenvalue weighted by atomic mass is 10.0. The molecule has 0 amide bonds. The van der Waals surface area contributed by atoms with Gasteiger partial charge >= 0.3 is 5.97 Å². The Labute approximate surface area is 81.1 Å². The number of aliphatic carboxylic acids is 1. The van der Waals surface area contributed by atoms with E-state index in [4.69, 9.17) is 9.84 Å². The SMILES string of the molecule is COc1ccc([C@H](C)C(=O)O)cc1F. The molecule has 1 aromatic rings. The van der Waals surface area contributed by atoms with E-state index in [2.05, 4.69) is 0 Å². The maximum atomic E-state index is 13.2. The van der Waals surface area contributed by atoms with Crippen molar-refractivity contribution in [2.75, 3.05) is 7.11 Å². The van der Waals surface area contributed by atoms with Crippen LogP contribution in [0.4, 0.5) is 4.39 Å². The van der Waals surface area contributed by atoms with Crippen molar-refractivity contribution in [1.29, 1.82) is 0 Å². The highest BCUT2D eigenvalue weighted by Crippen LogP contribution is 2.22. The molecule has 1 aromatic carbocycles. The minimum Gasteiger partial charge on any atom is -0.494 e. The Balaban J connectivity index is 3.02. The predicted octanol–water partition coefficient (Wildman–Crippen LogP) is 2.02. The van der Waals surface area contributed by atoms with Gasteiger partial charge in [0, 0.05) is 0 Å². The zero-order valence-electron chi connectivity index (χ0n) is 7.95. The molecule has 0 aliphatic carbocycles. The molecule has 0 saturated heterocycles. The number of ether oxygens (including phenoxy) is 1. The second-order valence-electron chi connectivity index (χ2n) is 2.95. The lowest BCUT2D eigenvalue weighted by Crippen LogP contribution is -2.07. The largest absolute Gasteiger partial charge is 0.494 e. The first kappa shape index (κ1) is 10.5. The number of halogens is 1. The average molecular weight is 198 g/mol. The van der Waals surface area contributed by atoms with Crippen molar-refractivity contribution >= 4 is 5.97 Å². The van der Waals surface area contributed by atoms with Crippen molar-refractivity contribution in [1.82, 2.24) is 0 Å². The Hall–Kier alpha value is -1.58. The second-order valence-corrected chi connectivity index (χ2v) is 2.95. The molecule has 0 heterocycles. The first-order valence-electron chi connectivity index (χ1n) is 4.12. The highest BCUT2D eigenvalue weighted by atomic mass is 19.1. The molecule has 0 bridgehead atoms. The van der Waals surface area contributed by atoms with Crippen molar-refractivity contribution in [3.63, 3.8) is 0 Å². The summed E-state index contributed by atoms with van der Waals surface area (Å²) in [7, 11) is 1.36. The van der Waals surface area contributed by atoms with E-state index in [-0.39, 0.29) is 5.75 Å². The highest BCUT2D eigenvalue weighted by Gasteiger charge is 2.15. The molecule has 76 valence electrons. The molecule has 0 unspecified atom stereocenters. The molecular weight excluding hydrogens is 187 g/mol. The summed E-state index contributed by atoms with van der Waals surface area (Å²) in [4.78, 5) is 10.6. The lowest BCUT2D eigenvalue weighted by Gasteiger charge is -2.08. The van der Waals surface area contributed by atoms with E-state index in [9.17, 15) is 9.18 Å². The van der Waals surface area contributed by atoms with E-state index < -0.39 is 17.7 Å². The fourth-order valence-electron chi connectivity index (χ4n) is 1.09. The molecule has 14 heavy (non-hydrogen) atoms. The topological polar surface area (TPSA) is 46.5 Å². The number of methoxy groups -OCH3 is 1. The standard InChI is InChI=1S/C10H11FO3/c1-6(10(12)13)7-3-4-9(14-2)8(11)5-7/h3-6H,1-2H3,(H,12,13)/t6-/m0/s1. The van der Waals surface area contributed by atoms with Gasteiger partial charge in [-0.25, -0.2) is 4.39 Å². The van der Waals surface area contributed by atoms with Crippen molar-refractivity contribution in [2.45, 2.75) is 12.8 Å². The number of carboxylic acid groups (broad SMARTS) is 1. The van der Waals surface area contributed by atoms with Crippen LogP contribution in [0.2, 0.25) is 0 Å². The average Bonchev–Trinajstić information content (AvgIpc) is 2.16. The Kier molecular flexibility index (Phi) is 3.06. The number of hydrogen-bond acceptors (Lipinski definition) is 2. The summed E-state index contributed by atoms with van der Waals surface area (Å²) in [5.41, 5.74) is 0.427. The molecule has 1 rings (SSSR count). The van der Waals surface area contributed by atoms with Gasteiger partial charge in [-0.3, -0.25) is 4.79 Å². The quantitative estimate of drug-likeness (QED) is 0.808. The first-order valence-corrected chi connectivity index (χ1v) is 4.12. The monoisotopic (exact) mass is 198 g/mol. The van der Waals surface area contributed by atoms with Crippen LogP contribution in [0.15, 0.2) is 18.2 Å². The van der Waals surface area contributed by atoms with Crippen LogP contribution < -0.4 is 4.74 Å². The Bertz CT molecular complexity index is 349. The Morgan fingerprint density at radius 1 is 1.57 bits per heavy atom. The molecule has 3 nitrogen and oxygen atoms in total. The van der Waals surface area contributed by atoms with Crippen molar-refractivity contribution < 1.29 is 19.0 Å². The van der Waals surface area contributed by atoms with Crippen LogP contribution in [-0.2, 0) is 4.79 Å². The van der Waals surface area contributed by atoms with Crippen molar-refractivity contribution in [3.8, 4) is 5.75 Å². The van der Waals surface area contributed by atoms with Crippen LogP contribution in [0.3, 0.4) is 0 Å². The van der Waals surface area contributed by atoms with Crippen LogP contribution in [0.1, 0.15) is 18.4 Å². The maximum absolute atomic E-state index is 13.2. The van der Waals surface area contributed by atoms with E-state index >= 15 is 0 Å². The molecule has 0 radical (unpaired) electrons. The van der Waals surface area contributed by atoms with E-state index in [1.807, 2.05) is 0 Å². The number of carbonyl (C=O) groups is 1. The van der Waals surface area contributed by atoms with Gasteiger partial charge < -0.3 is 9.84 Å². The molecule has 0 saturated carbocycles. The summed E-state index contributed by atoms with van der Waals surface area (Å²) in [5, 5.41) is 8.70. The number of hydrogen-bond donors (Lipinski definition) is 1. The first-order chi connectivity index (χ1) is 6.56. The third kappa shape index (κ3) is 2.02. The third-order valence-electron chi connectivity index (χ3n) is 2.05. The molecule has 0 spiro atoms. The minimum absolute atomic E-state index is 0.117. The van der Waals surface area contributed by atoms with Gasteiger partial charge in [-0.2, -0.15) is 0 Å². The zero-order valence-corrected chi connectivity index (χ0v) is 7.95. The highest BCUT2D eigenvalue weighted by molar-refractivity contribution is 5.75. The molecule has 0 aromatic heterocycles. The second kappa shape index (κ2) is 4.09. The summed E-state index contributed by atoms with van der Waals surface area (Å²) < 4.78 is 17.9. The van der Waals surface area contributed by atoms with E-state index in [1.165, 1.54) is 26.2 Å². The number of rotatable bonds is 3. The lowest BCUT2D eigenvalue weighted by molar-refractivity contribution is -0.138. The molecule has 1 N–H and O–H groups in total. The summed E-state index contributed by atoms with van der Waals surface area (Å²) in [6.07, 6.45) is 0. The normalized spacial score (nSPS) is 12.2. The number of carboxylic acids is 1. The van der Waals surface area contributed by atoms with Crippen molar-refractivity contribution in [2.24, 2.45) is 0 Å². The summed E-state index contributed by atoms with van der Waals surface area (Å²) in [5.74, 6) is -2.12. The fourth-order valence-corrected chi connectivity index (χ4v) is 1.09. The molecule has 0 aliphatic heterocycles. The molecule has 1 atom stereocenters. The summed E-state index contributed by atoms with van der Waals surface area (Å²) in [6.45, 7) is 1.50. The Morgan fingerprint density at radius 3 is 2.64 bits per heavy atom. The van der Waals surface area contributed by atoms with Crippen LogP contribution >= 0.6 is 0 Å². The Morgan fingerprint density at radius 2 is 2.21 bits per heavy atom. The van der Waals surface area contributed by atoms with E-state index in [1.54, 1.807) is 6.07 Å². The smallest absolute Gasteiger partial charge is 0.310 e. The molecule has 4 heteroatoms. The predicted molar refractivity (Wildman–Crippen MR) is 49.0 cm³/mol. The van der Waals surface area contributed by atoms with Gasteiger partial charge in [0.25, 0.3) is 0 Å². The zero-order chi connectivity index (χ0) is 10.7. The molecule has 0 fully saturated rings. The van der Waals surface area contributed by atoms with Crippen molar-refractivity contribution in [3.05, 3.63) is 29.6 Å². The fraction of sp³-hybridized carbons (Fsp3) is 0.300. The van der Waals surface area contributed by atoms with Crippen LogP contribution in [0.25, 0.3) is 0 Å². The van der Waals surface area contributed by atoms with Crippen LogP contribution in [0.5, 0.6) is 5.75 Å². The van der Waals surface area contributed by atoms with Gasteiger partial charge in [0.05, 0.1) is 13.0 Å². The van der Waals surface area contributed by atoms with Gasteiger partial charge in [0.1, 0.15) is 0 Å².